The van der Waals surface area contributed by atoms with Gasteiger partial charge < -0.3 is 4.74 Å². The number of methoxy groups -OCH3 is 1. The highest BCUT2D eigenvalue weighted by atomic mass is 16.6. The monoisotopic (exact) mass is 279 g/mol. The van der Waals surface area contributed by atoms with Gasteiger partial charge in [-0.1, -0.05) is 56.5 Å². The van der Waals surface area contributed by atoms with Gasteiger partial charge in [0.25, 0.3) is 0 Å². The summed E-state index contributed by atoms with van der Waals surface area (Å²) >= 11 is 0. The van der Waals surface area contributed by atoms with Gasteiger partial charge in [0.15, 0.2) is 0 Å². The van der Waals surface area contributed by atoms with Crippen molar-refractivity contribution >= 4 is 5.97 Å². The molecule has 0 saturated carbocycles. The summed E-state index contributed by atoms with van der Waals surface area (Å²) in [5.74, 6) is -0.306. The molecule has 0 amide bonds. The van der Waals surface area contributed by atoms with Crippen LogP contribution >= 0.6 is 0 Å². The van der Waals surface area contributed by atoms with E-state index in [1.807, 2.05) is 30.3 Å². The van der Waals surface area contributed by atoms with Crippen LogP contribution in [0.25, 0.3) is 0 Å². The van der Waals surface area contributed by atoms with E-state index in [-0.39, 0.29) is 11.9 Å². The summed E-state index contributed by atoms with van der Waals surface area (Å²) in [5.41, 5.74) is 3.97. The van der Waals surface area contributed by atoms with E-state index in [0.29, 0.717) is 13.2 Å². The fourth-order valence-electron chi connectivity index (χ4n) is 1.98. The highest BCUT2D eigenvalue weighted by Crippen LogP contribution is 2.11. The molecule has 0 aliphatic carbocycles. The van der Waals surface area contributed by atoms with Gasteiger partial charge in [-0.05, 0) is 12.0 Å². The van der Waals surface area contributed by atoms with Crippen molar-refractivity contribution in [3.8, 4) is 0 Å². The lowest BCUT2D eigenvalue weighted by molar-refractivity contribution is -0.146. The van der Waals surface area contributed by atoms with E-state index in [4.69, 9.17) is 9.57 Å². The van der Waals surface area contributed by atoms with Crippen molar-refractivity contribution < 1.29 is 14.4 Å². The Hall–Kier alpha value is -1.39. The van der Waals surface area contributed by atoms with Gasteiger partial charge in [-0.2, -0.15) is 0 Å². The molecule has 0 bridgehead atoms. The van der Waals surface area contributed by atoms with E-state index >= 15 is 0 Å². The lowest BCUT2D eigenvalue weighted by Gasteiger charge is -2.15. The SMILES string of the molecule is CCCCCC(CNOCc1ccccc1)C(=O)OC. The number of unbranched alkanes of at least 4 members (excludes halogenated alkanes) is 2. The van der Waals surface area contributed by atoms with Gasteiger partial charge in [-0.3, -0.25) is 9.63 Å². The third-order valence-electron chi connectivity index (χ3n) is 3.20. The van der Waals surface area contributed by atoms with Crippen molar-refractivity contribution in [1.29, 1.82) is 0 Å². The number of carbonyl (C=O) groups is 1. The molecule has 1 rings (SSSR count). The number of esters is 1. The van der Waals surface area contributed by atoms with Crippen LogP contribution in [0.2, 0.25) is 0 Å². The molecule has 1 aromatic carbocycles. The normalized spacial score (nSPS) is 12.1. The zero-order valence-electron chi connectivity index (χ0n) is 12.4. The highest BCUT2D eigenvalue weighted by Gasteiger charge is 2.18. The van der Waals surface area contributed by atoms with Crippen LogP contribution in [0.5, 0.6) is 0 Å². The van der Waals surface area contributed by atoms with Crippen molar-refractivity contribution in [2.24, 2.45) is 5.92 Å². The van der Waals surface area contributed by atoms with Crippen LogP contribution in [0.4, 0.5) is 0 Å². The van der Waals surface area contributed by atoms with Gasteiger partial charge in [0, 0.05) is 6.54 Å². The summed E-state index contributed by atoms with van der Waals surface area (Å²) in [6.45, 7) is 3.13. The molecule has 0 fully saturated rings. The molecule has 112 valence electrons. The first kappa shape index (κ1) is 16.7. The lowest BCUT2D eigenvalue weighted by atomic mass is 10.0. The lowest BCUT2D eigenvalue weighted by Crippen LogP contribution is -2.29. The van der Waals surface area contributed by atoms with Crippen molar-refractivity contribution in [2.45, 2.75) is 39.2 Å². The maximum atomic E-state index is 11.7. The average molecular weight is 279 g/mol. The van der Waals surface area contributed by atoms with Gasteiger partial charge in [0.1, 0.15) is 0 Å². The molecule has 4 heteroatoms. The topological polar surface area (TPSA) is 47.6 Å². The standard InChI is InChI=1S/C16H25NO3/c1-3-4-6-11-15(16(18)19-2)12-17-20-13-14-9-7-5-8-10-14/h5,7-10,15,17H,3-4,6,11-13H2,1-2H3. The predicted molar refractivity (Wildman–Crippen MR) is 78.9 cm³/mol. The Morgan fingerprint density at radius 1 is 1.25 bits per heavy atom. The summed E-state index contributed by atoms with van der Waals surface area (Å²) in [6.07, 6.45) is 4.16. The summed E-state index contributed by atoms with van der Waals surface area (Å²) in [4.78, 5) is 17.0. The molecular formula is C16H25NO3. The Balaban J connectivity index is 2.25. The van der Waals surface area contributed by atoms with Crippen LogP contribution in [0.3, 0.4) is 0 Å². The smallest absolute Gasteiger partial charge is 0.310 e. The number of rotatable bonds is 10. The second kappa shape index (κ2) is 10.4. The number of ether oxygens (including phenoxy) is 1. The van der Waals surface area contributed by atoms with Crippen LogP contribution in [-0.2, 0) is 21.0 Å². The van der Waals surface area contributed by atoms with Crippen molar-refractivity contribution in [1.82, 2.24) is 5.48 Å². The fraction of sp³-hybridized carbons (Fsp3) is 0.562. The summed E-state index contributed by atoms with van der Waals surface area (Å²) < 4.78 is 4.82. The molecule has 1 N–H and O–H groups in total. The van der Waals surface area contributed by atoms with Gasteiger partial charge in [0.05, 0.1) is 19.6 Å². The summed E-state index contributed by atoms with van der Waals surface area (Å²) in [7, 11) is 1.43. The number of benzene rings is 1. The molecule has 4 nitrogen and oxygen atoms in total. The third kappa shape index (κ3) is 6.68. The Kier molecular flexibility index (Phi) is 8.67. The zero-order chi connectivity index (χ0) is 14.6. The Morgan fingerprint density at radius 3 is 2.65 bits per heavy atom. The van der Waals surface area contributed by atoms with E-state index < -0.39 is 0 Å². The Labute approximate surface area is 121 Å². The minimum atomic E-state index is -0.170. The van der Waals surface area contributed by atoms with Crippen LogP contribution in [-0.4, -0.2) is 19.6 Å². The Bertz CT molecular complexity index is 367. The Morgan fingerprint density at radius 2 is 2.00 bits per heavy atom. The molecule has 0 heterocycles. The largest absolute Gasteiger partial charge is 0.469 e. The minimum absolute atomic E-state index is 0.137. The van der Waals surface area contributed by atoms with Gasteiger partial charge >= 0.3 is 5.97 Å². The van der Waals surface area contributed by atoms with E-state index in [9.17, 15) is 4.79 Å². The molecule has 0 saturated heterocycles. The first-order valence-electron chi connectivity index (χ1n) is 7.24. The fourth-order valence-corrected chi connectivity index (χ4v) is 1.98. The number of nitrogens with one attached hydrogen (secondary N) is 1. The van der Waals surface area contributed by atoms with Crippen LogP contribution < -0.4 is 5.48 Å². The van der Waals surface area contributed by atoms with Gasteiger partial charge in [-0.25, -0.2) is 5.48 Å². The van der Waals surface area contributed by atoms with Crippen molar-refractivity contribution in [2.75, 3.05) is 13.7 Å². The predicted octanol–water partition coefficient (Wildman–Crippen LogP) is 3.08. The minimum Gasteiger partial charge on any atom is -0.469 e. The first-order valence-corrected chi connectivity index (χ1v) is 7.24. The molecule has 1 unspecified atom stereocenters. The van der Waals surface area contributed by atoms with E-state index in [1.165, 1.54) is 7.11 Å². The average Bonchev–Trinajstić information content (AvgIpc) is 2.50. The number of hydrogen-bond donors (Lipinski definition) is 1. The molecule has 1 aromatic rings. The molecule has 0 aromatic heterocycles. The second-order valence-corrected chi connectivity index (χ2v) is 4.84. The van der Waals surface area contributed by atoms with E-state index in [1.54, 1.807) is 0 Å². The van der Waals surface area contributed by atoms with Crippen LogP contribution in [0, 0.1) is 5.92 Å². The second-order valence-electron chi connectivity index (χ2n) is 4.84. The number of carbonyl (C=O) groups excluding carboxylic acids is 1. The first-order chi connectivity index (χ1) is 9.77. The quantitative estimate of drug-likeness (QED) is 0.406. The molecule has 0 aliphatic heterocycles. The van der Waals surface area contributed by atoms with Crippen LogP contribution in [0.1, 0.15) is 38.2 Å². The molecule has 0 radical (unpaired) electrons. The van der Waals surface area contributed by atoms with Gasteiger partial charge in [-0.15, -0.1) is 0 Å². The number of hydroxylamine groups is 1. The summed E-state index contributed by atoms with van der Waals surface area (Å²) in [5, 5.41) is 0. The highest BCUT2D eigenvalue weighted by molar-refractivity contribution is 5.72. The zero-order valence-corrected chi connectivity index (χ0v) is 12.4. The maximum Gasteiger partial charge on any atom is 0.310 e. The van der Waals surface area contributed by atoms with Crippen molar-refractivity contribution in [3.05, 3.63) is 35.9 Å². The van der Waals surface area contributed by atoms with Gasteiger partial charge in [0.2, 0.25) is 0 Å². The van der Waals surface area contributed by atoms with Crippen molar-refractivity contribution in [3.63, 3.8) is 0 Å². The molecule has 0 spiro atoms. The molecule has 1 atom stereocenters. The molecule has 0 aliphatic rings. The van der Waals surface area contributed by atoms with Crippen LogP contribution in [0.15, 0.2) is 30.3 Å². The molecule has 20 heavy (non-hydrogen) atoms. The van der Waals surface area contributed by atoms with E-state index in [0.717, 1.165) is 31.2 Å². The third-order valence-corrected chi connectivity index (χ3v) is 3.20. The summed E-state index contributed by atoms with van der Waals surface area (Å²) in [6, 6.07) is 9.92. The van der Waals surface area contributed by atoms with E-state index in [2.05, 4.69) is 12.4 Å². The maximum absolute atomic E-state index is 11.7. The number of hydrogen-bond acceptors (Lipinski definition) is 4. The molecular weight excluding hydrogens is 254 g/mol.